The van der Waals surface area contributed by atoms with Crippen molar-refractivity contribution in [2.24, 2.45) is 5.92 Å². The predicted molar refractivity (Wildman–Crippen MR) is 351 cm³/mol. The molecule has 19 heteroatoms. The Hall–Kier alpha value is -1.59. The number of hydrogen-bond donors (Lipinski definition) is 5. The lowest BCUT2D eigenvalue weighted by Crippen LogP contribution is -2.68. The Labute approximate surface area is 530 Å². The van der Waals surface area contributed by atoms with E-state index in [1.54, 1.807) is 6.92 Å². The summed E-state index contributed by atoms with van der Waals surface area (Å²) in [5, 5.41) is 18.4. The maximum atomic E-state index is 14.2. The molecule has 2 aliphatic rings. The summed E-state index contributed by atoms with van der Waals surface area (Å²) in [7, 11) is -7.89. The number of aliphatic hydroxyl groups excluding tert-OH is 1. The van der Waals surface area contributed by atoms with E-state index in [1.165, 1.54) is 103 Å². The summed E-state index contributed by atoms with van der Waals surface area (Å²) in [4.78, 5) is 62.2. The molecule has 2 saturated heterocycles. The van der Waals surface area contributed by atoms with Crippen molar-refractivity contribution in [1.82, 2.24) is 10.6 Å². The minimum atomic E-state index is -4.36. The van der Waals surface area contributed by atoms with Crippen molar-refractivity contribution in [2.75, 3.05) is 19.9 Å². The Morgan fingerprint density at radius 2 is 1.02 bits per heavy atom. The topological polar surface area (TPSA) is 235 Å². The van der Waals surface area contributed by atoms with Gasteiger partial charge in [-0.05, 0) is 70.6 Å². The summed E-state index contributed by atoms with van der Waals surface area (Å²) in [5.74, 6) is -0.858. The Bertz CT molecular complexity index is 1830. The van der Waals surface area contributed by atoms with Crippen LogP contribution in [0.4, 0.5) is 0 Å². The fourth-order valence-electron chi connectivity index (χ4n) is 12.0. The quantitative estimate of drug-likeness (QED) is 0.0165. The highest BCUT2D eigenvalue weighted by molar-refractivity contribution is 7.51. The summed E-state index contributed by atoms with van der Waals surface area (Å²) < 4.78 is 70.3. The van der Waals surface area contributed by atoms with Gasteiger partial charge >= 0.3 is 15.9 Å². The van der Waals surface area contributed by atoms with Gasteiger partial charge in [-0.3, -0.25) is 28.0 Å². The van der Waals surface area contributed by atoms with Gasteiger partial charge in [-0.15, -0.1) is 0 Å². The van der Waals surface area contributed by atoms with Gasteiger partial charge in [0.15, 0.2) is 12.6 Å². The molecule has 5 N–H and O–H groups in total. The largest absolute Gasteiger partial charge is 0.387 e. The van der Waals surface area contributed by atoms with Gasteiger partial charge < -0.3 is 53.7 Å². The smallest absolute Gasteiger partial charge is 0.327 e. The number of nitrogens with one attached hydrogen (secondary N) is 2. The predicted octanol–water partition coefficient (Wildman–Crippen LogP) is 16.4. The van der Waals surface area contributed by atoms with E-state index in [4.69, 9.17) is 32.7 Å². The van der Waals surface area contributed by atoms with Crippen LogP contribution in [0.5, 0.6) is 0 Å². The minimum Gasteiger partial charge on any atom is -0.387 e. The Balaban J connectivity index is 2.41. The van der Waals surface area contributed by atoms with Crippen molar-refractivity contribution in [3.63, 3.8) is 0 Å². The van der Waals surface area contributed by atoms with E-state index in [-0.39, 0.29) is 37.7 Å². The van der Waals surface area contributed by atoms with E-state index in [2.05, 4.69) is 57.4 Å². The molecule has 0 aromatic carbocycles. The first-order valence-electron chi connectivity index (χ1n) is 35.5. The molecule has 0 spiro atoms. The van der Waals surface area contributed by atoms with E-state index in [1.807, 2.05) is 6.92 Å². The number of ketones is 1. The zero-order valence-electron chi connectivity index (χ0n) is 56.2. The summed E-state index contributed by atoms with van der Waals surface area (Å²) in [6.07, 6.45) is 34.0. The Morgan fingerprint density at radius 3 is 1.55 bits per heavy atom. The van der Waals surface area contributed by atoms with Crippen molar-refractivity contribution in [3.05, 3.63) is 12.2 Å². The Kier molecular flexibility index (Phi) is 48.6. The second-order valence-corrected chi connectivity index (χ2v) is 28.2. The lowest BCUT2D eigenvalue weighted by molar-refractivity contribution is -0.313. The molecule has 2 heterocycles. The fourth-order valence-corrected chi connectivity index (χ4v) is 13.1. The second-order valence-electron chi connectivity index (χ2n) is 25.6. The Morgan fingerprint density at radius 1 is 0.563 bits per heavy atom. The number of hydrogen-bond acceptors (Lipinski definition) is 13. The van der Waals surface area contributed by atoms with Crippen LogP contribution in [0.2, 0.25) is 0 Å². The number of Topliss-reactive ketones (excluding diaryl/α,β-unsaturated/α-hetero) is 1. The monoisotopic (exact) mass is 1280 g/mol. The molecule has 0 aliphatic carbocycles. The summed E-state index contributed by atoms with van der Waals surface area (Å²) in [5.41, 5.74) is 0. The van der Waals surface area contributed by atoms with Gasteiger partial charge in [0.2, 0.25) is 11.8 Å². The van der Waals surface area contributed by atoms with Crippen LogP contribution in [0, 0.1) is 5.92 Å². The van der Waals surface area contributed by atoms with Gasteiger partial charge in [0.1, 0.15) is 48.4 Å². The summed E-state index contributed by atoms with van der Waals surface area (Å²) in [6, 6.07) is -2.39. The third kappa shape index (κ3) is 38.9. The first kappa shape index (κ1) is 81.5. The lowest BCUT2D eigenvalue weighted by Gasteiger charge is -2.49. The van der Waals surface area contributed by atoms with Gasteiger partial charge in [0.25, 0.3) is 0 Å². The molecule has 2 fully saturated rings. The van der Waals surface area contributed by atoms with E-state index in [9.17, 15) is 38.4 Å². The van der Waals surface area contributed by atoms with Gasteiger partial charge in [0, 0.05) is 32.7 Å². The van der Waals surface area contributed by atoms with Gasteiger partial charge in [-0.25, -0.2) is 0 Å². The van der Waals surface area contributed by atoms with Crippen LogP contribution in [0.15, 0.2) is 12.2 Å². The van der Waals surface area contributed by atoms with Crippen LogP contribution in [0.25, 0.3) is 0 Å². The molecular weight excluding hydrogens is 1150 g/mol. The molecule has 2 aliphatic heterocycles. The van der Waals surface area contributed by atoms with Crippen molar-refractivity contribution in [1.29, 1.82) is 0 Å². The minimum absolute atomic E-state index is 0.180. The molecule has 87 heavy (non-hydrogen) atoms. The average molecular weight is 1280 g/mol. The third-order valence-corrected chi connectivity index (χ3v) is 18.3. The number of allylic oxidation sites excluding steroid dienone is 2. The summed E-state index contributed by atoms with van der Waals surface area (Å²) >= 11 is 0. The molecule has 17 nitrogen and oxygen atoms in total. The normalized spacial score (nSPS) is 24.2. The number of carbonyl (C=O) groups is 3. The number of carbonyl (C=O) groups excluding carboxylic acids is 3. The number of ether oxygens (including phenoxy) is 5. The highest BCUT2D eigenvalue weighted by Crippen LogP contribution is 2.43. The molecule has 14 atom stereocenters. The molecule has 0 radical (unpaired) electrons. The number of unbranched alkanes of at least 4 members (excludes halogenated alkanes) is 30. The maximum absolute atomic E-state index is 14.2. The molecule has 0 saturated carbocycles. The van der Waals surface area contributed by atoms with Crippen LogP contribution in [0.3, 0.4) is 0 Å². The number of aliphatic hydroxyl groups is 1. The van der Waals surface area contributed by atoms with E-state index >= 15 is 0 Å². The average Bonchev–Trinajstić information content (AvgIpc) is 1.11. The number of amides is 2. The van der Waals surface area contributed by atoms with Crippen molar-refractivity contribution >= 4 is 33.4 Å². The zero-order valence-corrected chi connectivity index (χ0v) is 58.1. The summed E-state index contributed by atoms with van der Waals surface area (Å²) in [6.45, 7) is 15.9. The molecule has 2 amide bonds. The van der Waals surface area contributed by atoms with Gasteiger partial charge in [-0.2, -0.15) is 0 Å². The molecule has 2 rings (SSSR count). The molecule has 512 valence electrons. The van der Waals surface area contributed by atoms with E-state index in [0.29, 0.717) is 38.0 Å². The van der Waals surface area contributed by atoms with Crippen molar-refractivity contribution < 1.29 is 71.1 Å². The molecule has 0 bridgehead atoms. The molecule has 0 aromatic heterocycles. The van der Waals surface area contributed by atoms with E-state index < -0.39 is 95.6 Å². The van der Waals surface area contributed by atoms with Crippen LogP contribution in [-0.4, -0.2) is 120 Å². The fraction of sp³-hybridized carbons (Fsp3) is 0.926. The van der Waals surface area contributed by atoms with Gasteiger partial charge in [0.05, 0.1) is 18.6 Å². The van der Waals surface area contributed by atoms with Crippen LogP contribution >= 0.6 is 15.9 Å². The second kappa shape index (κ2) is 51.9. The zero-order chi connectivity index (χ0) is 63.9. The molecular formula is C68H130N2O15P2. The van der Waals surface area contributed by atoms with Crippen LogP contribution in [-0.2, 0) is 56.2 Å². The standard InChI is InChI=1S/C68H130N2O15P2/c1-9-14-18-22-25-28-29-30-31-32-33-35-37-41-45-49-58(72)69-61-66(80-52-50-54(6)47-43-39-21-17-12-4)64(84-86(75)76)57(13-5)82-67(61)81-55(7)63-62(74)65(79-51-46-42-38-27-24-20-16-11-3)60(68(83-63)85-87(8,77)78)70-59(73)53-56(71)48-44-40-36-34-26-23-19-15-10-2/h28-29,54-55,57,60-68,74,86H,9-27,30-53H2,1-8H3,(H,69,72)(H,70,73)(H,75,76)(H,77,78)/b29-28-/t54-,55?,57-,60-,61-,62-,63-,64-,65-,66-,67-,68-/m1/s1. The van der Waals surface area contributed by atoms with E-state index in [0.717, 1.165) is 116 Å². The first-order valence-corrected chi connectivity index (χ1v) is 38.8. The molecule has 0 aromatic rings. The van der Waals surface area contributed by atoms with Crippen molar-refractivity contribution in [2.45, 2.75) is 379 Å². The van der Waals surface area contributed by atoms with Crippen LogP contribution < -0.4 is 10.6 Å². The SMILES string of the molecule is CCCCCC/C=C\CCCCCCCCCC(=O)N[C@H]1[C@H](OC(C)[C@H]2O[C@H](OP(C)(=O)O)[C@H](NC(=O)CC(=O)CCCCCCCCCCC)[C@@H](OCCCCCCCCCC)[C@@H]2O)O[C@H](CC)[C@@H](O[PH](=O)O)[C@@H]1OCC[C@H](C)CCCCCCC. The van der Waals surface area contributed by atoms with Gasteiger partial charge in [-0.1, -0.05) is 240 Å². The highest BCUT2D eigenvalue weighted by Gasteiger charge is 2.54. The molecule has 3 unspecified atom stereocenters. The van der Waals surface area contributed by atoms with Crippen LogP contribution in [0.1, 0.15) is 312 Å². The number of rotatable bonds is 57. The lowest BCUT2D eigenvalue weighted by atomic mass is 9.92. The highest BCUT2D eigenvalue weighted by atomic mass is 31.2. The third-order valence-electron chi connectivity index (χ3n) is 17.3. The van der Waals surface area contributed by atoms with Crippen molar-refractivity contribution in [3.8, 4) is 0 Å². The first-order chi connectivity index (χ1) is 42.0. The maximum Gasteiger partial charge on any atom is 0.327 e.